The van der Waals surface area contributed by atoms with Crippen LogP contribution in [0, 0.1) is 0 Å². The fourth-order valence-electron chi connectivity index (χ4n) is 1.46. The zero-order chi connectivity index (χ0) is 11.2. The molecule has 1 aromatic rings. The monoisotopic (exact) mass is 229 g/mol. The van der Waals surface area contributed by atoms with E-state index in [0.29, 0.717) is 0 Å². The number of hydrogen-bond acceptors (Lipinski definition) is 3. The third kappa shape index (κ3) is 1.88. The fourth-order valence-corrected chi connectivity index (χ4v) is 2.00. The van der Waals surface area contributed by atoms with Crippen molar-refractivity contribution in [2.45, 2.75) is 23.8 Å². The summed E-state index contributed by atoms with van der Waals surface area (Å²) in [6, 6.07) is 1.40. The van der Waals surface area contributed by atoms with Crippen LogP contribution in [-0.2, 0) is 10.0 Å². The highest BCUT2D eigenvalue weighted by Gasteiger charge is 2.28. The SMILES string of the molecule is NC(=O)c1cc(S(N)(=O)=O)cn1C1CC1. The molecular formula is C8H11N3O3S. The zero-order valence-corrected chi connectivity index (χ0v) is 8.70. The Morgan fingerprint density at radius 1 is 1.47 bits per heavy atom. The highest BCUT2D eigenvalue weighted by Crippen LogP contribution is 2.37. The third-order valence-corrected chi connectivity index (χ3v) is 3.23. The molecule has 0 saturated heterocycles. The molecule has 6 nitrogen and oxygen atoms in total. The molecule has 0 aliphatic heterocycles. The Kier molecular flexibility index (Phi) is 2.09. The second-order valence-electron chi connectivity index (χ2n) is 3.61. The van der Waals surface area contributed by atoms with Gasteiger partial charge in [0.05, 0.1) is 0 Å². The van der Waals surface area contributed by atoms with Crippen molar-refractivity contribution in [3.63, 3.8) is 0 Å². The summed E-state index contributed by atoms with van der Waals surface area (Å²) in [6.07, 6.45) is 3.23. The van der Waals surface area contributed by atoms with Gasteiger partial charge in [-0.25, -0.2) is 13.6 Å². The van der Waals surface area contributed by atoms with Crippen molar-refractivity contribution in [2.75, 3.05) is 0 Å². The van der Waals surface area contributed by atoms with Gasteiger partial charge in [-0.05, 0) is 18.9 Å². The maximum Gasteiger partial charge on any atom is 0.265 e. The van der Waals surface area contributed by atoms with Gasteiger partial charge in [0.1, 0.15) is 10.6 Å². The second kappa shape index (κ2) is 3.07. The van der Waals surface area contributed by atoms with E-state index in [2.05, 4.69) is 0 Å². The number of aromatic nitrogens is 1. The quantitative estimate of drug-likeness (QED) is 0.733. The van der Waals surface area contributed by atoms with E-state index < -0.39 is 15.9 Å². The zero-order valence-electron chi connectivity index (χ0n) is 7.88. The minimum Gasteiger partial charge on any atom is -0.364 e. The molecule has 0 aromatic carbocycles. The van der Waals surface area contributed by atoms with Gasteiger partial charge in [-0.15, -0.1) is 0 Å². The van der Waals surface area contributed by atoms with Crippen molar-refractivity contribution in [1.82, 2.24) is 4.57 Å². The van der Waals surface area contributed by atoms with Crippen molar-refractivity contribution < 1.29 is 13.2 Å². The molecule has 2 rings (SSSR count). The predicted molar refractivity (Wildman–Crippen MR) is 52.6 cm³/mol. The Morgan fingerprint density at radius 3 is 2.47 bits per heavy atom. The number of rotatable bonds is 3. The first-order valence-electron chi connectivity index (χ1n) is 4.44. The number of primary amides is 1. The number of carbonyl (C=O) groups is 1. The van der Waals surface area contributed by atoms with Gasteiger partial charge in [-0.1, -0.05) is 0 Å². The first-order valence-corrected chi connectivity index (χ1v) is 5.98. The van der Waals surface area contributed by atoms with Gasteiger partial charge in [-0.2, -0.15) is 0 Å². The lowest BCUT2D eigenvalue weighted by Crippen LogP contribution is -2.15. The molecule has 1 saturated carbocycles. The van der Waals surface area contributed by atoms with E-state index in [1.165, 1.54) is 12.3 Å². The van der Waals surface area contributed by atoms with Crippen molar-refractivity contribution in [2.24, 2.45) is 10.9 Å². The van der Waals surface area contributed by atoms with Crippen LogP contribution in [0.25, 0.3) is 0 Å². The molecule has 4 N–H and O–H groups in total. The summed E-state index contributed by atoms with van der Waals surface area (Å²) in [6.45, 7) is 0. The number of primary sulfonamides is 1. The van der Waals surface area contributed by atoms with Crippen LogP contribution in [0.3, 0.4) is 0 Å². The molecule has 1 fully saturated rings. The van der Waals surface area contributed by atoms with Crippen molar-refractivity contribution >= 4 is 15.9 Å². The van der Waals surface area contributed by atoms with Crippen molar-refractivity contribution in [3.05, 3.63) is 18.0 Å². The Balaban J connectivity index is 2.54. The van der Waals surface area contributed by atoms with Gasteiger partial charge in [0.2, 0.25) is 10.0 Å². The molecule has 0 atom stereocenters. The lowest BCUT2D eigenvalue weighted by Gasteiger charge is -2.02. The lowest BCUT2D eigenvalue weighted by atomic mass is 10.4. The second-order valence-corrected chi connectivity index (χ2v) is 5.17. The molecule has 7 heteroatoms. The molecule has 0 bridgehead atoms. The standard InChI is InChI=1S/C8H11N3O3S/c9-8(12)7-3-6(15(10,13)14)4-11(7)5-1-2-5/h3-5H,1-2H2,(H2,9,12)(H2,10,13,14). The van der Waals surface area contributed by atoms with E-state index in [-0.39, 0.29) is 16.6 Å². The first kappa shape index (κ1) is 10.2. The Bertz CT molecular complexity index is 513. The average Bonchev–Trinajstić information content (AvgIpc) is 2.81. The summed E-state index contributed by atoms with van der Waals surface area (Å²) in [5.41, 5.74) is 5.34. The van der Waals surface area contributed by atoms with E-state index in [0.717, 1.165) is 12.8 Å². The summed E-state index contributed by atoms with van der Waals surface area (Å²) < 4.78 is 23.7. The molecule has 1 amide bonds. The van der Waals surface area contributed by atoms with Crippen LogP contribution in [0.1, 0.15) is 29.4 Å². The normalized spacial score (nSPS) is 16.6. The van der Waals surface area contributed by atoms with Gasteiger partial charge >= 0.3 is 0 Å². The fraction of sp³-hybridized carbons (Fsp3) is 0.375. The maximum atomic E-state index is 11.1. The van der Waals surface area contributed by atoms with E-state index in [4.69, 9.17) is 10.9 Å². The van der Waals surface area contributed by atoms with Crippen LogP contribution in [0.5, 0.6) is 0 Å². The van der Waals surface area contributed by atoms with Crippen LogP contribution >= 0.6 is 0 Å². The summed E-state index contributed by atoms with van der Waals surface area (Å²) in [7, 11) is -3.77. The predicted octanol–water partition coefficient (Wildman–Crippen LogP) is -0.431. The van der Waals surface area contributed by atoms with Gasteiger partial charge in [-0.3, -0.25) is 4.79 Å². The summed E-state index contributed by atoms with van der Waals surface area (Å²) in [5.74, 6) is -0.642. The Morgan fingerprint density at radius 2 is 2.07 bits per heavy atom. The molecule has 1 aliphatic rings. The van der Waals surface area contributed by atoms with E-state index in [1.54, 1.807) is 4.57 Å². The molecule has 82 valence electrons. The van der Waals surface area contributed by atoms with Crippen LogP contribution in [0.4, 0.5) is 0 Å². The average molecular weight is 229 g/mol. The van der Waals surface area contributed by atoms with Crippen molar-refractivity contribution in [3.8, 4) is 0 Å². The van der Waals surface area contributed by atoms with E-state index >= 15 is 0 Å². The number of nitrogens with two attached hydrogens (primary N) is 2. The minimum absolute atomic E-state index is 0.0665. The van der Waals surface area contributed by atoms with Gasteiger partial charge in [0.25, 0.3) is 5.91 Å². The summed E-state index contributed by atoms with van der Waals surface area (Å²) in [4.78, 5) is 11.0. The van der Waals surface area contributed by atoms with Gasteiger partial charge in [0.15, 0.2) is 0 Å². The van der Waals surface area contributed by atoms with E-state index in [1.807, 2.05) is 0 Å². The topological polar surface area (TPSA) is 108 Å². The smallest absolute Gasteiger partial charge is 0.265 e. The Hall–Kier alpha value is -1.34. The molecule has 1 aromatic heterocycles. The largest absolute Gasteiger partial charge is 0.364 e. The summed E-state index contributed by atoms with van der Waals surface area (Å²) in [5, 5.41) is 4.97. The number of nitrogens with zero attached hydrogens (tertiary/aromatic N) is 1. The lowest BCUT2D eigenvalue weighted by molar-refractivity contribution is 0.0991. The van der Waals surface area contributed by atoms with Crippen LogP contribution in [-0.4, -0.2) is 18.9 Å². The van der Waals surface area contributed by atoms with Gasteiger partial charge < -0.3 is 10.3 Å². The van der Waals surface area contributed by atoms with Crippen LogP contribution < -0.4 is 10.9 Å². The molecule has 1 heterocycles. The number of carbonyl (C=O) groups excluding carboxylic acids is 1. The molecule has 0 spiro atoms. The highest BCUT2D eigenvalue weighted by molar-refractivity contribution is 7.89. The third-order valence-electron chi connectivity index (χ3n) is 2.34. The molecule has 0 unspecified atom stereocenters. The first-order chi connectivity index (χ1) is 6.89. The van der Waals surface area contributed by atoms with Crippen molar-refractivity contribution in [1.29, 1.82) is 0 Å². The number of sulfonamides is 1. The van der Waals surface area contributed by atoms with Crippen LogP contribution in [0.15, 0.2) is 17.2 Å². The highest BCUT2D eigenvalue weighted by atomic mass is 32.2. The number of hydrogen-bond donors (Lipinski definition) is 2. The Labute approximate surface area is 86.9 Å². The molecule has 0 radical (unpaired) electrons. The maximum absolute atomic E-state index is 11.1. The van der Waals surface area contributed by atoms with Crippen LogP contribution in [0.2, 0.25) is 0 Å². The molecule has 1 aliphatic carbocycles. The summed E-state index contributed by atoms with van der Waals surface area (Å²) >= 11 is 0. The van der Waals surface area contributed by atoms with Gasteiger partial charge in [0, 0.05) is 12.2 Å². The minimum atomic E-state index is -3.77. The molecule has 15 heavy (non-hydrogen) atoms. The molecular weight excluding hydrogens is 218 g/mol. The number of amides is 1. The van der Waals surface area contributed by atoms with E-state index in [9.17, 15) is 13.2 Å².